The highest BCUT2D eigenvalue weighted by Crippen LogP contribution is 2.06. The van der Waals surface area contributed by atoms with Gasteiger partial charge >= 0.3 is 5.97 Å². The predicted octanol–water partition coefficient (Wildman–Crippen LogP) is 1.01. The number of nitrogens with one attached hydrogen (secondary N) is 1. The van der Waals surface area contributed by atoms with E-state index < -0.39 is 0 Å². The lowest BCUT2D eigenvalue weighted by molar-refractivity contribution is -0.141. The molecule has 4 heteroatoms. The van der Waals surface area contributed by atoms with Crippen molar-refractivity contribution in [2.24, 2.45) is 0 Å². The maximum atomic E-state index is 11.0. The van der Waals surface area contributed by atoms with E-state index in [9.17, 15) is 4.79 Å². The fourth-order valence-electron chi connectivity index (χ4n) is 2.06. The van der Waals surface area contributed by atoms with Crippen LogP contribution in [0.15, 0.2) is 0 Å². The number of hydrogen-bond donors (Lipinski definition) is 1. The van der Waals surface area contributed by atoms with Gasteiger partial charge in [-0.1, -0.05) is 0 Å². The Labute approximate surface area is 98.3 Å². The topological polar surface area (TPSA) is 41.6 Å². The molecule has 1 saturated heterocycles. The van der Waals surface area contributed by atoms with Gasteiger partial charge in [0.2, 0.25) is 0 Å². The van der Waals surface area contributed by atoms with Crippen LogP contribution in [0.4, 0.5) is 0 Å². The maximum Gasteiger partial charge on any atom is 0.307 e. The molecule has 0 saturated carbocycles. The number of hydrogen-bond acceptors (Lipinski definition) is 4. The second-order valence-electron chi connectivity index (χ2n) is 4.54. The molecule has 1 atom stereocenters. The molecule has 1 unspecified atom stereocenters. The lowest BCUT2D eigenvalue weighted by Gasteiger charge is -2.16. The molecule has 0 aromatic heterocycles. The molecule has 1 fully saturated rings. The van der Waals surface area contributed by atoms with Gasteiger partial charge in [0.25, 0.3) is 0 Å². The van der Waals surface area contributed by atoms with E-state index in [0.29, 0.717) is 6.42 Å². The van der Waals surface area contributed by atoms with Crippen LogP contribution >= 0.6 is 0 Å². The van der Waals surface area contributed by atoms with E-state index in [1.165, 1.54) is 39.6 Å². The number of nitrogens with zero attached hydrogens (tertiary/aromatic N) is 1. The predicted molar refractivity (Wildman–Crippen MR) is 64.4 cm³/mol. The minimum absolute atomic E-state index is 0.139. The molecule has 0 aromatic rings. The zero-order chi connectivity index (χ0) is 11.8. The molecule has 4 nitrogen and oxygen atoms in total. The monoisotopic (exact) mass is 228 g/mol. The lowest BCUT2D eigenvalue weighted by Crippen LogP contribution is -2.32. The summed E-state index contributed by atoms with van der Waals surface area (Å²) in [7, 11) is 1.43. The van der Waals surface area contributed by atoms with Crippen molar-refractivity contribution in [3.05, 3.63) is 0 Å². The highest BCUT2D eigenvalue weighted by Gasteiger charge is 2.11. The Morgan fingerprint density at radius 3 is 2.75 bits per heavy atom. The van der Waals surface area contributed by atoms with Crippen LogP contribution in [-0.4, -0.2) is 50.2 Å². The van der Waals surface area contributed by atoms with Crippen LogP contribution in [0.2, 0.25) is 0 Å². The maximum absolute atomic E-state index is 11.0. The van der Waals surface area contributed by atoms with E-state index in [2.05, 4.69) is 15.0 Å². The summed E-state index contributed by atoms with van der Waals surface area (Å²) in [4.78, 5) is 13.5. The van der Waals surface area contributed by atoms with Gasteiger partial charge in [0, 0.05) is 6.04 Å². The molecule has 0 aliphatic carbocycles. The number of carbonyl (C=O) groups is 1. The molecule has 16 heavy (non-hydrogen) atoms. The summed E-state index contributed by atoms with van der Waals surface area (Å²) in [6.45, 7) is 6.70. The molecule has 1 heterocycles. The first kappa shape index (κ1) is 13.5. The smallest absolute Gasteiger partial charge is 0.307 e. The van der Waals surface area contributed by atoms with Crippen molar-refractivity contribution in [2.45, 2.75) is 38.6 Å². The second kappa shape index (κ2) is 7.63. The van der Waals surface area contributed by atoms with Crippen LogP contribution in [-0.2, 0) is 9.53 Å². The van der Waals surface area contributed by atoms with Crippen LogP contribution < -0.4 is 5.32 Å². The first-order chi connectivity index (χ1) is 7.72. The third-order valence-corrected chi connectivity index (χ3v) is 3.04. The van der Waals surface area contributed by atoms with Crippen LogP contribution in [0.1, 0.15) is 32.6 Å². The lowest BCUT2D eigenvalue weighted by atomic mass is 10.2. The third kappa shape index (κ3) is 5.47. The molecule has 1 aliphatic rings. The summed E-state index contributed by atoms with van der Waals surface area (Å²) < 4.78 is 4.62. The summed E-state index contributed by atoms with van der Waals surface area (Å²) in [5, 5.41) is 3.34. The first-order valence-electron chi connectivity index (χ1n) is 6.25. The molecule has 0 aromatic carbocycles. The van der Waals surface area contributed by atoms with Crippen molar-refractivity contribution >= 4 is 5.97 Å². The van der Waals surface area contributed by atoms with Crippen LogP contribution in [0.5, 0.6) is 0 Å². The Kier molecular flexibility index (Phi) is 6.42. The van der Waals surface area contributed by atoms with Crippen LogP contribution in [0.25, 0.3) is 0 Å². The van der Waals surface area contributed by atoms with Crippen molar-refractivity contribution in [3.8, 4) is 0 Å². The average Bonchev–Trinajstić information content (AvgIpc) is 2.77. The summed E-state index contributed by atoms with van der Waals surface area (Å²) in [6, 6.07) is 0.214. The van der Waals surface area contributed by atoms with Gasteiger partial charge in [0.1, 0.15) is 0 Å². The SMILES string of the molecule is COC(=O)CC(C)NCCCN1CCCC1. The zero-order valence-corrected chi connectivity index (χ0v) is 10.5. The summed E-state index contributed by atoms with van der Waals surface area (Å²) in [5.41, 5.74) is 0. The standard InChI is InChI=1S/C12H24N2O2/c1-11(10-12(15)16-2)13-6-5-9-14-7-3-4-8-14/h11,13H,3-10H2,1-2H3. The number of esters is 1. The van der Waals surface area contributed by atoms with E-state index >= 15 is 0 Å². The summed E-state index contributed by atoms with van der Waals surface area (Å²) in [5.74, 6) is -0.139. The summed E-state index contributed by atoms with van der Waals surface area (Å²) in [6.07, 6.45) is 4.32. The van der Waals surface area contributed by atoms with Crippen LogP contribution in [0, 0.1) is 0 Å². The number of methoxy groups -OCH3 is 1. The van der Waals surface area contributed by atoms with Crippen molar-refractivity contribution in [1.82, 2.24) is 10.2 Å². The highest BCUT2D eigenvalue weighted by atomic mass is 16.5. The molecule has 0 spiro atoms. The number of carbonyl (C=O) groups excluding carboxylic acids is 1. The quantitative estimate of drug-likeness (QED) is 0.522. The fourth-order valence-corrected chi connectivity index (χ4v) is 2.06. The Hall–Kier alpha value is -0.610. The molecule has 0 bridgehead atoms. The Bertz CT molecular complexity index is 203. The number of likely N-dealkylation sites (tertiary alicyclic amines) is 1. The van der Waals surface area contributed by atoms with E-state index in [4.69, 9.17) is 0 Å². The van der Waals surface area contributed by atoms with Gasteiger partial charge in [0.05, 0.1) is 13.5 Å². The Morgan fingerprint density at radius 2 is 2.12 bits per heavy atom. The average molecular weight is 228 g/mol. The molecular weight excluding hydrogens is 204 g/mol. The van der Waals surface area contributed by atoms with E-state index in [-0.39, 0.29) is 12.0 Å². The Morgan fingerprint density at radius 1 is 1.44 bits per heavy atom. The van der Waals surface area contributed by atoms with Crippen molar-refractivity contribution in [2.75, 3.05) is 33.3 Å². The van der Waals surface area contributed by atoms with Gasteiger partial charge in [-0.2, -0.15) is 0 Å². The number of ether oxygens (including phenoxy) is 1. The van der Waals surface area contributed by atoms with Gasteiger partial charge in [0.15, 0.2) is 0 Å². The van der Waals surface area contributed by atoms with Crippen molar-refractivity contribution in [1.29, 1.82) is 0 Å². The third-order valence-electron chi connectivity index (χ3n) is 3.04. The molecule has 0 radical (unpaired) electrons. The number of rotatable bonds is 7. The normalized spacial score (nSPS) is 18.6. The van der Waals surface area contributed by atoms with Gasteiger partial charge < -0.3 is 15.0 Å². The molecule has 0 amide bonds. The molecule has 1 aliphatic heterocycles. The van der Waals surface area contributed by atoms with E-state index in [1.807, 2.05) is 6.92 Å². The minimum Gasteiger partial charge on any atom is -0.469 e. The van der Waals surface area contributed by atoms with Gasteiger partial charge in [-0.15, -0.1) is 0 Å². The minimum atomic E-state index is -0.139. The van der Waals surface area contributed by atoms with Crippen LogP contribution in [0.3, 0.4) is 0 Å². The fraction of sp³-hybridized carbons (Fsp3) is 0.917. The molecule has 94 valence electrons. The largest absolute Gasteiger partial charge is 0.469 e. The molecule has 1 N–H and O–H groups in total. The van der Waals surface area contributed by atoms with Gasteiger partial charge in [-0.3, -0.25) is 4.79 Å². The van der Waals surface area contributed by atoms with Gasteiger partial charge in [-0.25, -0.2) is 0 Å². The first-order valence-corrected chi connectivity index (χ1v) is 6.25. The highest BCUT2D eigenvalue weighted by molar-refractivity contribution is 5.69. The van der Waals surface area contributed by atoms with E-state index in [1.54, 1.807) is 0 Å². The zero-order valence-electron chi connectivity index (χ0n) is 10.5. The van der Waals surface area contributed by atoms with E-state index in [0.717, 1.165) is 13.0 Å². The summed E-state index contributed by atoms with van der Waals surface area (Å²) >= 11 is 0. The van der Waals surface area contributed by atoms with Crippen molar-refractivity contribution < 1.29 is 9.53 Å². The van der Waals surface area contributed by atoms with Crippen molar-refractivity contribution in [3.63, 3.8) is 0 Å². The molecule has 1 rings (SSSR count). The second-order valence-corrected chi connectivity index (χ2v) is 4.54. The van der Waals surface area contributed by atoms with Gasteiger partial charge in [-0.05, 0) is 52.4 Å². The Balaban J connectivity index is 1.95. The molecular formula is C12H24N2O2.